The Balaban J connectivity index is 2.33. The molecule has 2 N–H and O–H groups in total. The summed E-state index contributed by atoms with van der Waals surface area (Å²) < 4.78 is 1.07. The maximum atomic E-state index is 5.90. The molecule has 18 heavy (non-hydrogen) atoms. The Morgan fingerprint density at radius 1 is 1.22 bits per heavy atom. The van der Waals surface area contributed by atoms with Gasteiger partial charge in [-0.25, -0.2) is 9.97 Å². The Labute approximate surface area is 119 Å². The second-order valence-electron chi connectivity index (χ2n) is 3.86. The molecule has 0 bridgehead atoms. The molecule has 2 rings (SSSR count). The number of nitrogens with two attached hydrogens (primary N) is 1. The third kappa shape index (κ3) is 3.03. The predicted molar refractivity (Wildman–Crippen MR) is 78.8 cm³/mol. The van der Waals surface area contributed by atoms with Gasteiger partial charge in [-0.3, -0.25) is 0 Å². The van der Waals surface area contributed by atoms with E-state index in [1.807, 2.05) is 26.0 Å². The Morgan fingerprint density at radius 3 is 2.50 bits per heavy atom. The number of hydrogen-bond acceptors (Lipinski definition) is 4. The minimum Gasteiger partial charge on any atom is -0.383 e. The van der Waals surface area contributed by atoms with E-state index in [4.69, 9.17) is 5.73 Å². The van der Waals surface area contributed by atoms with E-state index in [0.717, 1.165) is 32.2 Å². The van der Waals surface area contributed by atoms with E-state index in [-0.39, 0.29) is 0 Å². The fourth-order valence-electron chi connectivity index (χ4n) is 1.43. The average Bonchev–Trinajstić information content (AvgIpc) is 2.37. The molecule has 5 heteroatoms. The SMILES string of the molecule is CCc1nc(N)c(C)c(Sc2ccc(Br)cc2)n1. The molecule has 0 aliphatic heterocycles. The summed E-state index contributed by atoms with van der Waals surface area (Å²) in [4.78, 5) is 9.92. The molecule has 1 aromatic carbocycles. The van der Waals surface area contributed by atoms with Crippen molar-refractivity contribution in [2.24, 2.45) is 0 Å². The van der Waals surface area contributed by atoms with E-state index in [1.54, 1.807) is 11.8 Å². The van der Waals surface area contributed by atoms with E-state index in [1.165, 1.54) is 0 Å². The number of nitrogen functional groups attached to an aromatic ring is 1. The molecule has 2 aromatic rings. The molecular formula is C13H14BrN3S. The van der Waals surface area contributed by atoms with E-state index >= 15 is 0 Å². The minimum atomic E-state index is 0.571. The lowest BCUT2D eigenvalue weighted by atomic mass is 10.3. The van der Waals surface area contributed by atoms with Crippen LogP contribution in [0.1, 0.15) is 18.3 Å². The maximum Gasteiger partial charge on any atom is 0.131 e. The first-order chi connectivity index (χ1) is 8.60. The molecule has 0 aliphatic carbocycles. The van der Waals surface area contributed by atoms with Crippen LogP contribution in [0.2, 0.25) is 0 Å². The zero-order chi connectivity index (χ0) is 13.1. The number of aryl methyl sites for hydroxylation is 1. The molecule has 94 valence electrons. The summed E-state index contributed by atoms with van der Waals surface area (Å²) in [6.07, 6.45) is 0.790. The van der Waals surface area contributed by atoms with E-state index in [9.17, 15) is 0 Å². The van der Waals surface area contributed by atoms with Crippen LogP contribution in [0.3, 0.4) is 0 Å². The van der Waals surface area contributed by atoms with Crippen molar-refractivity contribution in [2.75, 3.05) is 5.73 Å². The molecule has 0 radical (unpaired) electrons. The Bertz CT molecular complexity index is 555. The van der Waals surface area contributed by atoms with Gasteiger partial charge in [-0.2, -0.15) is 0 Å². The number of rotatable bonds is 3. The summed E-state index contributed by atoms with van der Waals surface area (Å²) in [5, 5.41) is 0.932. The van der Waals surface area contributed by atoms with Crippen molar-refractivity contribution in [1.82, 2.24) is 9.97 Å². The average molecular weight is 324 g/mol. The molecule has 0 spiro atoms. The van der Waals surface area contributed by atoms with Gasteiger partial charge in [0.2, 0.25) is 0 Å². The standard InChI is InChI=1S/C13H14BrN3S/c1-3-11-16-12(15)8(2)13(17-11)18-10-6-4-9(14)5-7-10/h4-7H,3H2,1-2H3,(H2,15,16,17). The topological polar surface area (TPSA) is 51.8 Å². The first-order valence-electron chi connectivity index (χ1n) is 5.66. The van der Waals surface area contributed by atoms with Gasteiger partial charge in [0.1, 0.15) is 16.7 Å². The van der Waals surface area contributed by atoms with Gasteiger partial charge in [-0.05, 0) is 31.2 Å². The van der Waals surface area contributed by atoms with Crippen LogP contribution in [0, 0.1) is 6.92 Å². The number of nitrogens with zero attached hydrogens (tertiary/aromatic N) is 2. The quantitative estimate of drug-likeness (QED) is 0.872. The first kappa shape index (κ1) is 13.4. The summed E-state index contributed by atoms with van der Waals surface area (Å²) in [5.41, 5.74) is 6.85. The zero-order valence-electron chi connectivity index (χ0n) is 10.3. The normalized spacial score (nSPS) is 10.6. The van der Waals surface area contributed by atoms with Gasteiger partial charge in [0.15, 0.2) is 0 Å². The summed E-state index contributed by atoms with van der Waals surface area (Å²) in [6, 6.07) is 8.14. The van der Waals surface area contributed by atoms with Crippen LogP contribution in [0.4, 0.5) is 5.82 Å². The fourth-order valence-corrected chi connectivity index (χ4v) is 2.60. The molecule has 0 fully saturated rings. The molecule has 0 amide bonds. The van der Waals surface area contributed by atoms with Gasteiger partial charge in [-0.15, -0.1) is 0 Å². The van der Waals surface area contributed by atoms with Crippen molar-refractivity contribution in [3.05, 3.63) is 40.1 Å². The number of anilines is 1. The van der Waals surface area contributed by atoms with Crippen LogP contribution in [-0.4, -0.2) is 9.97 Å². The van der Waals surface area contributed by atoms with Crippen LogP contribution in [0.25, 0.3) is 0 Å². The number of hydrogen-bond donors (Lipinski definition) is 1. The predicted octanol–water partition coefficient (Wildman–Crippen LogP) is 3.84. The van der Waals surface area contributed by atoms with Crippen LogP contribution >= 0.6 is 27.7 Å². The lowest BCUT2D eigenvalue weighted by Gasteiger charge is -2.08. The van der Waals surface area contributed by atoms with Gasteiger partial charge in [0.05, 0.1) is 0 Å². The van der Waals surface area contributed by atoms with Crippen LogP contribution in [-0.2, 0) is 6.42 Å². The molecule has 3 nitrogen and oxygen atoms in total. The van der Waals surface area contributed by atoms with Crippen molar-refractivity contribution >= 4 is 33.5 Å². The van der Waals surface area contributed by atoms with Crippen LogP contribution in [0.5, 0.6) is 0 Å². The fraction of sp³-hybridized carbons (Fsp3) is 0.231. The summed E-state index contributed by atoms with van der Waals surface area (Å²) >= 11 is 5.04. The third-order valence-corrected chi connectivity index (χ3v) is 4.16. The Hall–Kier alpha value is -1.07. The molecule has 0 atom stereocenters. The van der Waals surface area contributed by atoms with E-state index in [2.05, 4.69) is 38.0 Å². The second-order valence-corrected chi connectivity index (χ2v) is 5.84. The smallest absolute Gasteiger partial charge is 0.131 e. The minimum absolute atomic E-state index is 0.571. The Kier molecular flexibility index (Phi) is 4.24. The summed E-state index contributed by atoms with van der Waals surface area (Å²) in [6.45, 7) is 3.98. The molecule has 1 aromatic heterocycles. The molecule has 1 heterocycles. The first-order valence-corrected chi connectivity index (χ1v) is 7.27. The van der Waals surface area contributed by atoms with Crippen LogP contribution < -0.4 is 5.73 Å². The molecule has 0 unspecified atom stereocenters. The molecule has 0 saturated carbocycles. The van der Waals surface area contributed by atoms with Crippen molar-refractivity contribution in [2.45, 2.75) is 30.2 Å². The largest absolute Gasteiger partial charge is 0.383 e. The van der Waals surface area contributed by atoms with E-state index in [0.29, 0.717) is 5.82 Å². The maximum absolute atomic E-state index is 5.90. The Morgan fingerprint density at radius 2 is 1.89 bits per heavy atom. The van der Waals surface area contributed by atoms with Crippen molar-refractivity contribution in [3.63, 3.8) is 0 Å². The van der Waals surface area contributed by atoms with Crippen molar-refractivity contribution in [1.29, 1.82) is 0 Å². The summed E-state index contributed by atoms with van der Waals surface area (Å²) in [5.74, 6) is 1.36. The lowest BCUT2D eigenvalue weighted by Crippen LogP contribution is -2.03. The van der Waals surface area contributed by atoms with Gasteiger partial charge >= 0.3 is 0 Å². The number of halogens is 1. The number of benzene rings is 1. The van der Waals surface area contributed by atoms with Gasteiger partial charge < -0.3 is 5.73 Å². The summed E-state index contributed by atoms with van der Waals surface area (Å²) in [7, 11) is 0. The highest BCUT2D eigenvalue weighted by molar-refractivity contribution is 9.10. The second kappa shape index (κ2) is 5.71. The van der Waals surface area contributed by atoms with Gasteiger partial charge in [-0.1, -0.05) is 34.6 Å². The molecular weight excluding hydrogens is 310 g/mol. The molecule has 0 aliphatic rings. The zero-order valence-corrected chi connectivity index (χ0v) is 12.7. The highest BCUT2D eigenvalue weighted by Gasteiger charge is 2.09. The monoisotopic (exact) mass is 323 g/mol. The van der Waals surface area contributed by atoms with Crippen LogP contribution in [0.15, 0.2) is 38.7 Å². The lowest BCUT2D eigenvalue weighted by molar-refractivity contribution is 0.878. The highest BCUT2D eigenvalue weighted by Crippen LogP contribution is 2.31. The van der Waals surface area contributed by atoms with Gasteiger partial charge in [0.25, 0.3) is 0 Å². The third-order valence-electron chi connectivity index (χ3n) is 2.53. The van der Waals surface area contributed by atoms with Crippen molar-refractivity contribution < 1.29 is 0 Å². The van der Waals surface area contributed by atoms with Crippen molar-refractivity contribution in [3.8, 4) is 0 Å². The molecule has 0 saturated heterocycles. The number of aromatic nitrogens is 2. The van der Waals surface area contributed by atoms with E-state index < -0.39 is 0 Å². The van der Waals surface area contributed by atoms with Gasteiger partial charge in [0, 0.05) is 21.4 Å². The highest BCUT2D eigenvalue weighted by atomic mass is 79.9.